The van der Waals surface area contributed by atoms with Crippen LogP contribution in [0.4, 0.5) is 13.2 Å². The van der Waals surface area contributed by atoms with Crippen molar-refractivity contribution in [2.24, 2.45) is 11.7 Å². The van der Waals surface area contributed by atoms with Crippen molar-refractivity contribution in [2.45, 2.75) is 19.5 Å². The molecule has 1 aromatic carbocycles. The van der Waals surface area contributed by atoms with E-state index in [2.05, 4.69) is 0 Å². The van der Waals surface area contributed by atoms with Crippen molar-refractivity contribution in [3.05, 3.63) is 35.4 Å². The molecule has 0 saturated heterocycles. The van der Waals surface area contributed by atoms with E-state index < -0.39 is 35.3 Å². The number of benzene rings is 1. The summed E-state index contributed by atoms with van der Waals surface area (Å²) in [6.07, 6.45) is 0. The Morgan fingerprint density at radius 2 is 1.73 bits per heavy atom. The molecule has 0 bridgehead atoms. The van der Waals surface area contributed by atoms with Crippen molar-refractivity contribution in [3.63, 3.8) is 0 Å². The van der Waals surface area contributed by atoms with Gasteiger partial charge in [-0.05, 0) is 18.1 Å². The summed E-state index contributed by atoms with van der Waals surface area (Å²) in [5.41, 5.74) is 2.54. The fourth-order valence-electron chi connectivity index (χ4n) is 1.52. The Morgan fingerprint density at radius 1 is 1.27 bits per heavy atom. The molecule has 15 heavy (non-hydrogen) atoms. The minimum Gasteiger partial charge on any atom is -0.327 e. The van der Waals surface area contributed by atoms with Crippen molar-refractivity contribution in [1.82, 2.24) is 0 Å². The van der Waals surface area contributed by atoms with Crippen LogP contribution < -0.4 is 5.73 Å². The van der Waals surface area contributed by atoms with Gasteiger partial charge in [0, 0.05) is 6.54 Å². The van der Waals surface area contributed by atoms with Crippen LogP contribution >= 0.6 is 0 Å². The monoisotopic (exact) mass is 217 g/mol. The summed E-state index contributed by atoms with van der Waals surface area (Å²) in [6, 6.07) is 3.26. The summed E-state index contributed by atoms with van der Waals surface area (Å²) in [5, 5.41) is 0. The molecule has 0 aromatic heterocycles. The third kappa shape index (κ3) is 2.00. The lowest BCUT2D eigenvalue weighted by Gasteiger charge is -2.28. The van der Waals surface area contributed by atoms with Gasteiger partial charge in [-0.1, -0.05) is 19.9 Å². The summed E-state index contributed by atoms with van der Waals surface area (Å²) in [7, 11) is 0. The molecule has 1 aromatic rings. The maximum absolute atomic E-state index is 14.3. The van der Waals surface area contributed by atoms with E-state index >= 15 is 0 Å². The molecular formula is C11H14F3N. The summed E-state index contributed by atoms with van der Waals surface area (Å²) < 4.78 is 41.0. The van der Waals surface area contributed by atoms with E-state index in [0.717, 1.165) is 12.1 Å². The van der Waals surface area contributed by atoms with E-state index in [4.69, 9.17) is 5.73 Å². The Labute approximate surface area is 87.1 Å². The van der Waals surface area contributed by atoms with E-state index in [-0.39, 0.29) is 0 Å². The van der Waals surface area contributed by atoms with Crippen LogP contribution in [-0.4, -0.2) is 6.54 Å². The molecule has 0 heterocycles. The Balaban J connectivity index is 3.35. The third-order valence-electron chi connectivity index (χ3n) is 2.59. The van der Waals surface area contributed by atoms with Crippen molar-refractivity contribution >= 4 is 0 Å². The molecule has 1 nitrogen and oxygen atoms in total. The van der Waals surface area contributed by atoms with E-state index in [9.17, 15) is 13.2 Å². The Hall–Kier alpha value is -1.03. The zero-order valence-electron chi connectivity index (χ0n) is 8.73. The van der Waals surface area contributed by atoms with Gasteiger partial charge in [-0.15, -0.1) is 0 Å². The van der Waals surface area contributed by atoms with Crippen LogP contribution in [0.1, 0.15) is 19.4 Å². The highest BCUT2D eigenvalue weighted by Gasteiger charge is 2.39. The van der Waals surface area contributed by atoms with Gasteiger partial charge in [0.15, 0.2) is 5.67 Å². The first kappa shape index (κ1) is 12.0. The van der Waals surface area contributed by atoms with Gasteiger partial charge in [-0.25, -0.2) is 13.2 Å². The molecule has 0 fully saturated rings. The van der Waals surface area contributed by atoms with Gasteiger partial charge in [0.25, 0.3) is 0 Å². The molecule has 2 N–H and O–H groups in total. The fourth-order valence-corrected chi connectivity index (χ4v) is 1.52. The number of hydrogen-bond donors (Lipinski definition) is 1. The van der Waals surface area contributed by atoms with Gasteiger partial charge < -0.3 is 5.73 Å². The van der Waals surface area contributed by atoms with E-state index in [1.807, 2.05) is 0 Å². The summed E-state index contributed by atoms with van der Waals surface area (Å²) in [5.74, 6) is -2.37. The van der Waals surface area contributed by atoms with E-state index in [1.165, 1.54) is 6.07 Å². The van der Waals surface area contributed by atoms with Crippen molar-refractivity contribution in [3.8, 4) is 0 Å². The fraction of sp³-hybridized carbons (Fsp3) is 0.455. The lowest BCUT2D eigenvalue weighted by molar-refractivity contribution is 0.0990. The zero-order chi connectivity index (χ0) is 11.6. The van der Waals surface area contributed by atoms with Gasteiger partial charge in [0.05, 0.1) is 5.56 Å². The predicted octanol–water partition coefficient (Wildman–Crippen LogP) is 2.74. The standard InChI is InChI=1S/C11H14F3N/c1-7(2)11(14,6-15)10-8(12)4-3-5-9(10)13/h3-5,7H,6,15H2,1-2H3. The van der Waals surface area contributed by atoms with Crippen LogP contribution in [0.3, 0.4) is 0 Å². The summed E-state index contributed by atoms with van der Waals surface area (Å²) >= 11 is 0. The van der Waals surface area contributed by atoms with Gasteiger partial charge in [-0.3, -0.25) is 0 Å². The topological polar surface area (TPSA) is 26.0 Å². The average molecular weight is 217 g/mol. The number of alkyl halides is 1. The van der Waals surface area contributed by atoms with Crippen LogP contribution in [0.15, 0.2) is 18.2 Å². The van der Waals surface area contributed by atoms with Crippen molar-refractivity contribution < 1.29 is 13.2 Å². The highest BCUT2D eigenvalue weighted by Crippen LogP contribution is 2.36. The van der Waals surface area contributed by atoms with E-state index in [1.54, 1.807) is 13.8 Å². The van der Waals surface area contributed by atoms with E-state index in [0.29, 0.717) is 0 Å². The molecule has 0 aliphatic carbocycles. The van der Waals surface area contributed by atoms with Gasteiger partial charge >= 0.3 is 0 Å². The molecule has 1 rings (SSSR count). The Morgan fingerprint density at radius 3 is 2.07 bits per heavy atom. The van der Waals surface area contributed by atoms with Crippen LogP contribution in [0.25, 0.3) is 0 Å². The molecule has 0 saturated carbocycles. The Bertz CT molecular complexity index is 331. The molecule has 4 heteroatoms. The second-order valence-corrected chi connectivity index (χ2v) is 3.82. The lowest BCUT2D eigenvalue weighted by Crippen LogP contribution is -2.37. The number of rotatable bonds is 3. The summed E-state index contributed by atoms with van der Waals surface area (Å²) in [6.45, 7) is 2.64. The molecule has 84 valence electrons. The molecular weight excluding hydrogens is 203 g/mol. The Kier molecular flexibility index (Phi) is 3.39. The first-order valence-electron chi connectivity index (χ1n) is 4.77. The van der Waals surface area contributed by atoms with Gasteiger partial charge in [0.1, 0.15) is 11.6 Å². The predicted molar refractivity (Wildman–Crippen MR) is 53.0 cm³/mol. The zero-order valence-corrected chi connectivity index (χ0v) is 8.73. The minimum absolute atomic E-state index is 0.442. The molecule has 0 spiro atoms. The first-order chi connectivity index (χ1) is 6.93. The second kappa shape index (κ2) is 4.23. The number of halogens is 3. The van der Waals surface area contributed by atoms with Crippen LogP contribution in [0.5, 0.6) is 0 Å². The van der Waals surface area contributed by atoms with Crippen LogP contribution in [0.2, 0.25) is 0 Å². The van der Waals surface area contributed by atoms with Gasteiger partial charge in [-0.2, -0.15) is 0 Å². The molecule has 0 aliphatic heterocycles. The smallest absolute Gasteiger partial charge is 0.156 e. The number of hydrogen-bond acceptors (Lipinski definition) is 1. The quantitative estimate of drug-likeness (QED) is 0.827. The molecule has 1 atom stereocenters. The molecule has 1 unspecified atom stereocenters. The molecule has 0 radical (unpaired) electrons. The highest BCUT2D eigenvalue weighted by atomic mass is 19.2. The first-order valence-corrected chi connectivity index (χ1v) is 4.77. The SMILES string of the molecule is CC(C)C(F)(CN)c1c(F)cccc1F. The van der Waals surface area contributed by atoms with Crippen LogP contribution in [-0.2, 0) is 5.67 Å². The third-order valence-corrected chi connectivity index (χ3v) is 2.59. The average Bonchev–Trinajstić information content (AvgIpc) is 2.16. The maximum atomic E-state index is 14.3. The maximum Gasteiger partial charge on any atom is 0.156 e. The molecule has 0 amide bonds. The molecule has 0 aliphatic rings. The van der Waals surface area contributed by atoms with Crippen molar-refractivity contribution in [1.29, 1.82) is 0 Å². The normalized spacial score (nSPS) is 15.4. The lowest BCUT2D eigenvalue weighted by atomic mass is 9.84. The van der Waals surface area contributed by atoms with Crippen LogP contribution in [0, 0.1) is 17.6 Å². The van der Waals surface area contributed by atoms with Gasteiger partial charge in [0.2, 0.25) is 0 Å². The minimum atomic E-state index is -2.16. The van der Waals surface area contributed by atoms with Crippen molar-refractivity contribution in [2.75, 3.05) is 6.54 Å². The second-order valence-electron chi connectivity index (χ2n) is 3.82. The summed E-state index contributed by atoms with van der Waals surface area (Å²) in [4.78, 5) is 0. The number of nitrogens with two attached hydrogens (primary N) is 1. The highest BCUT2D eigenvalue weighted by molar-refractivity contribution is 5.27. The largest absolute Gasteiger partial charge is 0.327 e.